The predicted octanol–water partition coefficient (Wildman–Crippen LogP) is 1.64. The molecule has 2 heterocycles. The van der Waals surface area contributed by atoms with Gasteiger partial charge in [0.15, 0.2) is 0 Å². The molecule has 0 unspecified atom stereocenters. The van der Waals surface area contributed by atoms with Crippen LogP contribution in [0.1, 0.15) is 25.7 Å². The van der Waals surface area contributed by atoms with Gasteiger partial charge in [0.05, 0.1) is 6.42 Å². The zero-order valence-corrected chi connectivity index (χ0v) is 10.4. The highest BCUT2D eigenvalue weighted by Gasteiger charge is 2.22. The van der Waals surface area contributed by atoms with Crippen molar-refractivity contribution in [2.45, 2.75) is 25.7 Å². The lowest BCUT2D eigenvalue weighted by molar-refractivity contribution is -0.441. The largest absolute Gasteiger partial charge is 0.366 e. The first-order chi connectivity index (χ1) is 9.22. The summed E-state index contributed by atoms with van der Waals surface area (Å²) in [4.78, 5) is 15.8. The van der Waals surface area contributed by atoms with Crippen LogP contribution in [0.5, 0.6) is 0 Å². The summed E-state index contributed by atoms with van der Waals surface area (Å²) in [6.45, 7) is 0.680. The molecular weight excluding hydrogens is 249 g/mol. The molecule has 1 aliphatic carbocycles. The predicted molar refractivity (Wildman–Crippen MR) is 67.5 cm³/mol. The first-order valence-corrected chi connectivity index (χ1v) is 6.40. The Hall–Kier alpha value is -2.05. The third-order valence-electron chi connectivity index (χ3n) is 3.21. The number of nitrogens with zero attached hydrogens (tertiary/aromatic N) is 4. The molecule has 2 aliphatic rings. The van der Waals surface area contributed by atoms with Crippen LogP contribution in [-0.2, 0) is 0 Å². The lowest BCUT2D eigenvalue weighted by Crippen LogP contribution is -2.28. The van der Waals surface area contributed by atoms with E-state index in [-0.39, 0.29) is 12.5 Å². The number of hydrogen-bond acceptors (Lipinski definition) is 3. The van der Waals surface area contributed by atoms with Gasteiger partial charge in [-0.25, -0.2) is 9.36 Å². The zero-order chi connectivity index (χ0) is 13.2. The summed E-state index contributed by atoms with van der Waals surface area (Å²) < 4.78 is 15.5. The standard InChI is InChI=1S/C12H14FN5O/c13-10-4-6-18(16-10)11-7-17(8-15-11)12(19)14-5-3-9-1-2-9/h6-9H,1-5H2/p+1. The maximum Gasteiger partial charge on any atom is 0.366 e. The van der Waals surface area contributed by atoms with Crippen molar-refractivity contribution >= 4 is 24.0 Å². The van der Waals surface area contributed by atoms with Crippen LogP contribution in [0, 0.1) is 5.92 Å². The summed E-state index contributed by atoms with van der Waals surface area (Å²) in [5.41, 5.74) is 0. The van der Waals surface area contributed by atoms with E-state index < -0.39 is 5.97 Å². The van der Waals surface area contributed by atoms with Gasteiger partial charge in [-0.2, -0.15) is 4.39 Å². The van der Waals surface area contributed by atoms with Crippen molar-refractivity contribution in [3.63, 3.8) is 0 Å². The van der Waals surface area contributed by atoms with Crippen LogP contribution >= 0.6 is 0 Å². The summed E-state index contributed by atoms with van der Waals surface area (Å²) in [7, 11) is 0. The van der Waals surface area contributed by atoms with E-state index in [4.69, 9.17) is 0 Å². The molecule has 0 aromatic carbocycles. The van der Waals surface area contributed by atoms with Crippen molar-refractivity contribution in [2.75, 3.05) is 6.54 Å². The fourth-order valence-corrected chi connectivity index (χ4v) is 1.93. The number of aromatic nitrogens is 2. The monoisotopic (exact) mass is 264 g/mol. The Morgan fingerprint density at radius 1 is 1.58 bits per heavy atom. The molecule has 0 atom stereocenters. The Morgan fingerprint density at radius 2 is 2.42 bits per heavy atom. The van der Waals surface area contributed by atoms with E-state index in [0.717, 1.165) is 12.3 Å². The molecular formula is C12H15FN5O+. The van der Waals surface area contributed by atoms with Crippen molar-refractivity contribution in [1.82, 2.24) is 14.9 Å². The second-order valence-electron chi connectivity index (χ2n) is 4.81. The molecule has 0 spiro atoms. The van der Waals surface area contributed by atoms with Crippen LogP contribution < -0.4 is 5.32 Å². The van der Waals surface area contributed by atoms with Gasteiger partial charge >= 0.3 is 11.8 Å². The van der Waals surface area contributed by atoms with Gasteiger partial charge < -0.3 is 5.32 Å². The van der Waals surface area contributed by atoms with E-state index in [1.54, 1.807) is 6.21 Å². The van der Waals surface area contributed by atoms with Crippen LogP contribution in [0.15, 0.2) is 17.6 Å². The molecule has 6 nitrogen and oxygen atoms in total. The zero-order valence-electron chi connectivity index (χ0n) is 10.4. The Balaban J connectivity index is 1.59. The van der Waals surface area contributed by atoms with Crippen molar-refractivity contribution in [3.8, 4) is 0 Å². The summed E-state index contributed by atoms with van der Waals surface area (Å²) in [5.74, 6) is 0.767. The molecule has 1 aromatic rings. The Labute approximate surface area is 109 Å². The van der Waals surface area contributed by atoms with Crippen molar-refractivity contribution in [2.24, 2.45) is 11.0 Å². The van der Waals surface area contributed by atoms with Crippen LogP contribution in [0.4, 0.5) is 15.0 Å². The maximum atomic E-state index is 12.8. The molecule has 1 amide bonds. The van der Waals surface area contributed by atoms with E-state index in [2.05, 4.69) is 15.4 Å². The molecule has 1 aromatic heterocycles. The summed E-state index contributed by atoms with van der Waals surface area (Å²) in [5, 5.41) is 6.47. The third-order valence-corrected chi connectivity index (χ3v) is 3.21. The normalized spacial score (nSPS) is 18.2. The molecule has 0 bridgehead atoms. The SMILES string of the molecule is O=C(NCCC1CC1)n1cnc([N+]2=CCC(F)=N2)c1. The van der Waals surface area contributed by atoms with E-state index in [0.29, 0.717) is 12.4 Å². The molecule has 1 saturated carbocycles. The smallest absolute Gasteiger partial charge is 0.337 e. The Bertz CT molecular complexity index is 558. The molecule has 0 saturated heterocycles. The van der Waals surface area contributed by atoms with E-state index >= 15 is 0 Å². The van der Waals surface area contributed by atoms with Crippen LogP contribution in [0.3, 0.4) is 0 Å². The number of carbonyl (C=O) groups excluding carboxylic acids is 1. The number of carbonyl (C=O) groups is 1. The summed E-state index contributed by atoms with van der Waals surface area (Å²) in [6.07, 6.45) is 8.27. The third kappa shape index (κ3) is 2.86. The number of hydrazone groups is 1. The fraction of sp³-hybridized carbons (Fsp3) is 0.500. The number of halogens is 1. The Morgan fingerprint density at radius 3 is 3.11 bits per heavy atom. The minimum atomic E-state index is -0.455. The van der Waals surface area contributed by atoms with Crippen LogP contribution in [0.25, 0.3) is 0 Å². The average Bonchev–Trinajstić information content (AvgIpc) is 2.91. The summed E-state index contributed by atoms with van der Waals surface area (Å²) in [6, 6.07) is -0.219. The highest BCUT2D eigenvalue weighted by Crippen LogP contribution is 2.31. The second-order valence-corrected chi connectivity index (χ2v) is 4.81. The number of amides is 1. The van der Waals surface area contributed by atoms with Gasteiger partial charge in [0, 0.05) is 6.54 Å². The number of rotatable bonds is 4. The fourth-order valence-electron chi connectivity index (χ4n) is 1.93. The highest BCUT2D eigenvalue weighted by atomic mass is 19.1. The molecule has 1 N–H and O–H groups in total. The number of hydrogen-bond donors (Lipinski definition) is 1. The molecule has 1 aliphatic heterocycles. The van der Waals surface area contributed by atoms with Gasteiger partial charge in [0.2, 0.25) is 12.3 Å². The van der Waals surface area contributed by atoms with E-state index in [1.807, 2.05) is 0 Å². The van der Waals surface area contributed by atoms with Gasteiger partial charge in [-0.3, -0.25) is 0 Å². The van der Waals surface area contributed by atoms with Crippen molar-refractivity contribution in [1.29, 1.82) is 0 Å². The van der Waals surface area contributed by atoms with Gasteiger partial charge in [-0.1, -0.05) is 17.9 Å². The molecule has 0 radical (unpaired) electrons. The first kappa shape index (κ1) is 12.0. The van der Waals surface area contributed by atoms with Gasteiger partial charge in [0.25, 0.3) is 0 Å². The topological polar surface area (TPSA) is 62.3 Å². The first-order valence-electron chi connectivity index (χ1n) is 6.40. The Kier molecular flexibility index (Phi) is 3.10. The quantitative estimate of drug-likeness (QED) is 0.840. The molecule has 100 valence electrons. The minimum Gasteiger partial charge on any atom is -0.337 e. The minimum absolute atomic E-state index is 0.167. The lowest BCUT2D eigenvalue weighted by atomic mass is 10.3. The van der Waals surface area contributed by atoms with Gasteiger partial charge in [0.1, 0.15) is 12.4 Å². The molecule has 3 rings (SSSR count). The average molecular weight is 264 g/mol. The number of imidazole rings is 1. The second kappa shape index (κ2) is 4.91. The van der Waals surface area contributed by atoms with Gasteiger partial charge in [-0.05, 0) is 17.3 Å². The molecule has 19 heavy (non-hydrogen) atoms. The van der Waals surface area contributed by atoms with E-state index in [9.17, 15) is 9.18 Å². The highest BCUT2D eigenvalue weighted by molar-refractivity contribution is 5.89. The van der Waals surface area contributed by atoms with Crippen LogP contribution in [-0.4, -0.2) is 39.0 Å². The molecule has 1 fully saturated rings. The summed E-state index contributed by atoms with van der Waals surface area (Å²) >= 11 is 0. The van der Waals surface area contributed by atoms with Gasteiger partial charge in [-0.15, -0.1) is 4.68 Å². The molecule has 7 heteroatoms. The van der Waals surface area contributed by atoms with Crippen molar-refractivity contribution in [3.05, 3.63) is 12.5 Å². The van der Waals surface area contributed by atoms with Crippen molar-refractivity contribution < 1.29 is 13.9 Å². The maximum absolute atomic E-state index is 12.8. The lowest BCUT2D eigenvalue weighted by Gasteiger charge is -2.02. The van der Waals surface area contributed by atoms with E-state index in [1.165, 1.54) is 34.6 Å². The number of nitrogens with one attached hydrogen (secondary N) is 1. The van der Waals surface area contributed by atoms with Crippen LogP contribution in [0.2, 0.25) is 0 Å².